The Hall–Kier alpha value is -4.67. The number of ether oxygens (including phenoxy) is 2. The molecule has 0 aromatic heterocycles. The van der Waals surface area contributed by atoms with Crippen LogP contribution in [0.25, 0.3) is 0 Å². The molecule has 3 aromatic carbocycles. The maximum Gasteiger partial charge on any atom is 0.202 e. The average molecular weight is 957 g/mol. The summed E-state index contributed by atoms with van der Waals surface area (Å²) < 4.78 is 12.1. The molecular formula is C59H88O10. The standard InChI is InChI=1S/C29H50O2.C15H12O7.C15H26O/c1-20(2)12-9-13-21(3)14-10-15-22(4)16-11-18-29(8)19-17-26-25(7)27(30)23(5)24(6)28(26)31-29;16-7-4-10(19)12-11(5-7)22-15(14(21)13(12)20)6-1-2-8(17)9(18)3-6;1-12(2)6-5-11-15(4,16)14-9-7-13(3)8-10-14/h20-22,30H,9-19H2,1-8H3;1-5,14-19,21H;6-7,14,16H,5,8-11H2,1-4H3/t21-,22-,29-;;14-,15+/m1.0/s1. The minimum atomic E-state index is -1.60. The number of phenolic OH excluding ortho intramolecular Hbond substituents is 5. The number of aliphatic hydroxyl groups excluding tert-OH is 1. The summed E-state index contributed by atoms with van der Waals surface area (Å²) in [6, 6.07) is 5.85. The van der Waals surface area contributed by atoms with Crippen molar-refractivity contribution in [1.29, 1.82) is 0 Å². The van der Waals surface area contributed by atoms with E-state index in [2.05, 4.69) is 74.5 Å². The van der Waals surface area contributed by atoms with E-state index in [0.717, 1.165) is 110 Å². The number of hydrogen-bond donors (Lipinski definition) is 7. The van der Waals surface area contributed by atoms with Gasteiger partial charge in [-0.2, -0.15) is 0 Å². The maximum atomic E-state index is 12.2. The predicted molar refractivity (Wildman–Crippen MR) is 278 cm³/mol. The van der Waals surface area contributed by atoms with Gasteiger partial charge < -0.3 is 45.2 Å². The minimum Gasteiger partial charge on any atom is -0.508 e. The van der Waals surface area contributed by atoms with Crippen LogP contribution >= 0.6 is 0 Å². The number of Topliss-reactive ketones (excluding diaryl/α,β-unsaturated/α-hetero) is 1. The van der Waals surface area contributed by atoms with Crippen LogP contribution in [-0.2, 0) is 6.42 Å². The summed E-state index contributed by atoms with van der Waals surface area (Å²) in [5.41, 5.74) is 6.59. The molecule has 0 bridgehead atoms. The lowest BCUT2D eigenvalue weighted by Gasteiger charge is -2.38. The maximum absolute atomic E-state index is 12.2. The number of ketones is 1. The fraction of sp³-hybridized carbons (Fsp3) is 0.610. The van der Waals surface area contributed by atoms with Gasteiger partial charge in [-0.15, -0.1) is 0 Å². The zero-order valence-electron chi connectivity index (χ0n) is 44.2. The summed E-state index contributed by atoms with van der Waals surface area (Å²) in [6.07, 6.45) is 21.0. The van der Waals surface area contributed by atoms with Crippen LogP contribution in [-0.4, -0.2) is 58.8 Å². The third-order valence-corrected chi connectivity index (χ3v) is 15.0. The lowest BCUT2D eigenvalue weighted by Crippen LogP contribution is -2.37. The van der Waals surface area contributed by atoms with Gasteiger partial charge >= 0.3 is 0 Å². The Kier molecular flexibility index (Phi) is 21.0. The Balaban J connectivity index is 0.000000238. The minimum absolute atomic E-state index is 0.0712. The van der Waals surface area contributed by atoms with Crippen LogP contribution in [0, 0.1) is 44.4 Å². The van der Waals surface area contributed by atoms with Crippen molar-refractivity contribution in [2.45, 2.75) is 209 Å². The molecule has 0 saturated carbocycles. The molecule has 3 aromatic rings. The topological polar surface area (TPSA) is 177 Å². The van der Waals surface area contributed by atoms with Crippen molar-refractivity contribution in [3.05, 3.63) is 87.0 Å². The molecule has 10 nitrogen and oxygen atoms in total. The normalized spacial score (nSPS) is 21.3. The third-order valence-electron chi connectivity index (χ3n) is 15.0. The number of benzene rings is 3. The lowest BCUT2D eigenvalue weighted by atomic mass is 9.76. The molecule has 384 valence electrons. The second-order valence-electron chi connectivity index (χ2n) is 22.1. The number of allylic oxidation sites excluding steroid dienone is 4. The van der Waals surface area contributed by atoms with Crippen LogP contribution < -0.4 is 9.47 Å². The van der Waals surface area contributed by atoms with Crippen LogP contribution in [0.2, 0.25) is 0 Å². The van der Waals surface area contributed by atoms with Gasteiger partial charge in [0, 0.05) is 17.7 Å². The summed E-state index contributed by atoms with van der Waals surface area (Å²) in [5.74, 6) is 2.07. The molecule has 0 fully saturated rings. The van der Waals surface area contributed by atoms with Crippen LogP contribution in [0.1, 0.15) is 203 Å². The first-order valence-electron chi connectivity index (χ1n) is 25.8. The van der Waals surface area contributed by atoms with Crippen LogP contribution in [0.4, 0.5) is 0 Å². The number of aromatic hydroxyl groups is 5. The van der Waals surface area contributed by atoms with E-state index in [-0.39, 0.29) is 34.0 Å². The first-order chi connectivity index (χ1) is 32.3. The van der Waals surface area contributed by atoms with Crippen LogP contribution in [0.3, 0.4) is 0 Å². The van der Waals surface area contributed by atoms with Gasteiger partial charge in [-0.3, -0.25) is 4.79 Å². The lowest BCUT2D eigenvalue weighted by molar-refractivity contribution is -0.0122. The Bertz CT molecular complexity index is 2230. The largest absolute Gasteiger partial charge is 0.508 e. The number of fused-ring (bicyclic) bond motifs is 2. The fourth-order valence-corrected chi connectivity index (χ4v) is 10.0. The van der Waals surface area contributed by atoms with E-state index >= 15 is 0 Å². The molecule has 2 unspecified atom stereocenters. The number of rotatable bonds is 17. The Morgan fingerprint density at radius 3 is 2.06 bits per heavy atom. The third kappa shape index (κ3) is 16.2. The van der Waals surface area contributed by atoms with Crippen molar-refractivity contribution in [3.63, 3.8) is 0 Å². The fourth-order valence-electron chi connectivity index (χ4n) is 10.0. The van der Waals surface area contributed by atoms with E-state index in [4.69, 9.17) is 9.47 Å². The number of carbonyl (C=O) groups is 1. The SMILES string of the molecule is CC(C)=CCC[C@@](C)(O)[C@H]1CC=C(C)CC1.Cc1c(C)c2c(c(C)c1O)CC[C@@](C)(CCC[C@H](C)CCC[C@H](C)CCCC(C)C)O2.O=C1c2c(O)cc(O)cc2OC(c2ccc(O)c(O)c2)C1O. The molecule has 0 saturated heterocycles. The molecule has 2 heterocycles. The molecule has 69 heavy (non-hydrogen) atoms. The van der Waals surface area contributed by atoms with Crippen molar-refractivity contribution < 1.29 is 50.0 Å². The van der Waals surface area contributed by atoms with E-state index in [0.29, 0.717) is 11.7 Å². The Labute approximate surface area is 414 Å². The van der Waals surface area contributed by atoms with Gasteiger partial charge in [0.15, 0.2) is 23.7 Å². The van der Waals surface area contributed by atoms with Crippen LogP contribution in [0.5, 0.6) is 40.2 Å². The molecule has 10 heteroatoms. The first kappa shape index (κ1) is 56.9. The molecule has 2 aliphatic heterocycles. The van der Waals surface area contributed by atoms with Crippen molar-refractivity contribution in [2.75, 3.05) is 0 Å². The second-order valence-corrected chi connectivity index (χ2v) is 22.1. The van der Waals surface area contributed by atoms with Gasteiger partial charge in [-0.25, -0.2) is 0 Å². The summed E-state index contributed by atoms with van der Waals surface area (Å²) in [5, 5.41) is 69.0. The van der Waals surface area contributed by atoms with Gasteiger partial charge in [0.2, 0.25) is 5.78 Å². The molecule has 0 spiro atoms. The van der Waals surface area contributed by atoms with Gasteiger partial charge in [0.25, 0.3) is 0 Å². The quantitative estimate of drug-likeness (QED) is 0.0509. The highest BCUT2D eigenvalue weighted by Crippen LogP contribution is 2.46. The first-order valence-corrected chi connectivity index (χ1v) is 25.8. The highest BCUT2D eigenvalue weighted by atomic mass is 16.5. The van der Waals surface area contributed by atoms with E-state index in [1.807, 2.05) is 20.8 Å². The Morgan fingerprint density at radius 1 is 0.826 bits per heavy atom. The molecule has 0 amide bonds. The van der Waals surface area contributed by atoms with E-state index in [9.17, 15) is 40.5 Å². The Morgan fingerprint density at radius 2 is 1.46 bits per heavy atom. The highest BCUT2D eigenvalue weighted by molar-refractivity contribution is 6.05. The van der Waals surface area contributed by atoms with E-state index < -0.39 is 35.1 Å². The van der Waals surface area contributed by atoms with E-state index in [1.54, 1.807) is 0 Å². The monoisotopic (exact) mass is 957 g/mol. The predicted octanol–water partition coefficient (Wildman–Crippen LogP) is 14.3. The number of aliphatic hydroxyl groups is 2. The molecule has 3 aliphatic rings. The van der Waals surface area contributed by atoms with E-state index in [1.165, 1.54) is 80.2 Å². The molecule has 0 radical (unpaired) electrons. The van der Waals surface area contributed by atoms with Gasteiger partial charge in [-0.1, -0.05) is 102 Å². The van der Waals surface area contributed by atoms with Crippen molar-refractivity contribution in [3.8, 4) is 40.2 Å². The van der Waals surface area contributed by atoms with Gasteiger partial charge in [0.1, 0.15) is 39.9 Å². The smallest absolute Gasteiger partial charge is 0.202 e. The summed E-state index contributed by atoms with van der Waals surface area (Å²) >= 11 is 0. The molecule has 1 aliphatic carbocycles. The summed E-state index contributed by atoms with van der Waals surface area (Å²) in [7, 11) is 0. The number of carbonyl (C=O) groups excluding carboxylic acids is 1. The molecule has 6 rings (SSSR count). The average Bonchev–Trinajstić information content (AvgIpc) is 3.27. The summed E-state index contributed by atoms with van der Waals surface area (Å²) in [4.78, 5) is 12.2. The summed E-state index contributed by atoms with van der Waals surface area (Å²) in [6.45, 7) is 26.4. The molecular weight excluding hydrogens is 869 g/mol. The van der Waals surface area contributed by atoms with Gasteiger partial charge in [-0.05, 0) is 171 Å². The zero-order chi connectivity index (χ0) is 51.4. The van der Waals surface area contributed by atoms with Crippen molar-refractivity contribution in [2.24, 2.45) is 23.7 Å². The zero-order valence-corrected chi connectivity index (χ0v) is 44.2. The number of hydrogen-bond acceptors (Lipinski definition) is 10. The molecule has 7 N–H and O–H groups in total. The van der Waals surface area contributed by atoms with Crippen molar-refractivity contribution in [1.82, 2.24) is 0 Å². The second kappa shape index (κ2) is 25.4. The van der Waals surface area contributed by atoms with Crippen molar-refractivity contribution >= 4 is 5.78 Å². The highest BCUT2D eigenvalue weighted by Gasteiger charge is 2.40. The number of phenols is 5. The van der Waals surface area contributed by atoms with Crippen LogP contribution in [0.15, 0.2) is 53.6 Å². The van der Waals surface area contributed by atoms with Gasteiger partial charge in [0.05, 0.1) is 5.60 Å². The molecule has 7 atom stereocenters.